The van der Waals surface area contributed by atoms with E-state index in [2.05, 4.69) is 5.32 Å². The van der Waals surface area contributed by atoms with Gasteiger partial charge in [0.05, 0.1) is 16.3 Å². The third-order valence-corrected chi connectivity index (χ3v) is 2.95. The molecule has 0 aliphatic rings. The van der Waals surface area contributed by atoms with E-state index in [0.29, 0.717) is 11.1 Å². The Morgan fingerprint density at radius 1 is 1.24 bits per heavy atom. The summed E-state index contributed by atoms with van der Waals surface area (Å²) < 4.78 is 28.3. The van der Waals surface area contributed by atoms with Crippen LogP contribution in [0.25, 0.3) is 0 Å². The smallest absolute Gasteiger partial charge is 0.338 e. The maximum Gasteiger partial charge on any atom is 0.338 e. The molecule has 1 heterocycles. The zero-order chi connectivity index (χ0) is 15.7. The van der Waals surface area contributed by atoms with Gasteiger partial charge in [-0.25, -0.2) is 13.6 Å². The molecular formula is C13H9ClF2N2O3. The topological polar surface area (TPSA) is 71.3 Å². The molecule has 1 amide bonds. The van der Waals surface area contributed by atoms with Gasteiger partial charge in [-0.05, 0) is 12.1 Å². The highest BCUT2D eigenvalue weighted by molar-refractivity contribution is 6.31. The van der Waals surface area contributed by atoms with Crippen LogP contribution in [0.4, 0.5) is 14.5 Å². The van der Waals surface area contributed by atoms with E-state index in [9.17, 15) is 18.4 Å². The molecule has 1 aromatic carbocycles. The summed E-state index contributed by atoms with van der Waals surface area (Å²) in [6, 6.07) is 2.48. The molecule has 0 bridgehead atoms. The number of carbonyl (C=O) groups is 2. The molecule has 2 aromatic rings. The van der Waals surface area contributed by atoms with E-state index in [1.54, 1.807) is 7.05 Å². The van der Waals surface area contributed by atoms with Crippen LogP contribution in [-0.2, 0) is 7.05 Å². The van der Waals surface area contributed by atoms with Crippen LogP contribution in [-0.4, -0.2) is 21.6 Å². The maximum absolute atomic E-state index is 13.6. The van der Waals surface area contributed by atoms with Gasteiger partial charge >= 0.3 is 5.97 Å². The van der Waals surface area contributed by atoms with Crippen molar-refractivity contribution in [3.05, 3.63) is 52.3 Å². The molecule has 0 radical (unpaired) electrons. The third kappa shape index (κ3) is 3.03. The molecule has 0 saturated carbocycles. The van der Waals surface area contributed by atoms with Crippen LogP contribution in [0.3, 0.4) is 0 Å². The molecule has 1 aromatic heterocycles. The van der Waals surface area contributed by atoms with Crippen LogP contribution < -0.4 is 5.32 Å². The van der Waals surface area contributed by atoms with Gasteiger partial charge in [-0.3, -0.25) is 4.79 Å². The number of rotatable bonds is 3. The summed E-state index contributed by atoms with van der Waals surface area (Å²) in [6.45, 7) is 0. The number of benzene rings is 1. The van der Waals surface area contributed by atoms with E-state index >= 15 is 0 Å². The number of hydrogen-bond donors (Lipinski definition) is 2. The summed E-state index contributed by atoms with van der Waals surface area (Å²) in [5, 5.41) is 11.3. The molecule has 0 fully saturated rings. The first-order chi connectivity index (χ1) is 9.79. The van der Waals surface area contributed by atoms with E-state index in [-0.39, 0.29) is 5.69 Å². The van der Waals surface area contributed by atoms with Gasteiger partial charge in [0.1, 0.15) is 17.3 Å². The first-order valence-corrected chi connectivity index (χ1v) is 6.03. The van der Waals surface area contributed by atoms with Crippen LogP contribution in [0.15, 0.2) is 24.4 Å². The van der Waals surface area contributed by atoms with Crippen molar-refractivity contribution in [2.24, 2.45) is 7.05 Å². The SMILES string of the molecule is Cn1cc(Cl)cc1C(=O)Nc1cc(C(=O)O)c(F)cc1F. The summed E-state index contributed by atoms with van der Waals surface area (Å²) in [4.78, 5) is 22.8. The second-order valence-corrected chi connectivity index (χ2v) is 4.66. The van der Waals surface area contributed by atoms with Crippen molar-refractivity contribution in [3.8, 4) is 0 Å². The summed E-state index contributed by atoms with van der Waals surface area (Å²) >= 11 is 5.73. The molecule has 5 nitrogen and oxygen atoms in total. The second-order valence-electron chi connectivity index (χ2n) is 4.23. The van der Waals surface area contributed by atoms with Crippen molar-refractivity contribution in [1.82, 2.24) is 4.57 Å². The number of carbonyl (C=O) groups excluding carboxylic acids is 1. The van der Waals surface area contributed by atoms with Gasteiger partial charge in [0.15, 0.2) is 0 Å². The van der Waals surface area contributed by atoms with Crippen molar-refractivity contribution in [2.75, 3.05) is 5.32 Å². The quantitative estimate of drug-likeness (QED) is 0.915. The first kappa shape index (κ1) is 15.0. The largest absolute Gasteiger partial charge is 0.478 e. The zero-order valence-corrected chi connectivity index (χ0v) is 11.4. The number of anilines is 1. The molecule has 0 saturated heterocycles. The van der Waals surface area contributed by atoms with E-state index < -0.39 is 34.8 Å². The van der Waals surface area contributed by atoms with Crippen molar-refractivity contribution in [1.29, 1.82) is 0 Å². The number of halogens is 3. The van der Waals surface area contributed by atoms with E-state index in [4.69, 9.17) is 16.7 Å². The molecular weight excluding hydrogens is 306 g/mol. The molecule has 0 aliphatic carbocycles. The predicted molar refractivity (Wildman–Crippen MR) is 71.7 cm³/mol. The molecule has 21 heavy (non-hydrogen) atoms. The molecule has 0 atom stereocenters. The van der Waals surface area contributed by atoms with Gasteiger partial charge < -0.3 is 15.0 Å². The first-order valence-electron chi connectivity index (χ1n) is 5.65. The van der Waals surface area contributed by atoms with Crippen LogP contribution in [0.2, 0.25) is 5.02 Å². The Balaban J connectivity index is 2.35. The zero-order valence-electron chi connectivity index (χ0n) is 10.7. The van der Waals surface area contributed by atoms with Crippen molar-refractivity contribution < 1.29 is 23.5 Å². The molecule has 0 unspecified atom stereocenters. The molecule has 0 spiro atoms. The van der Waals surface area contributed by atoms with Gasteiger partial charge in [0, 0.05) is 19.3 Å². The number of aromatic carboxylic acids is 1. The number of nitrogens with zero attached hydrogens (tertiary/aromatic N) is 1. The minimum Gasteiger partial charge on any atom is -0.478 e. The van der Waals surface area contributed by atoms with Gasteiger partial charge in [0.25, 0.3) is 5.91 Å². The Hall–Kier alpha value is -2.41. The summed E-state index contributed by atoms with van der Waals surface area (Å²) in [5.74, 6) is -4.57. The molecule has 8 heteroatoms. The highest BCUT2D eigenvalue weighted by Crippen LogP contribution is 2.21. The van der Waals surface area contributed by atoms with Gasteiger partial charge in [-0.2, -0.15) is 0 Å². The average Bonchev–Trinajstić information content (AvgIpc) is 2.71. The Labute approximate surface area is 122 Å². The van der Waals surface area contributed by atoms with Crippen LogP contribution >= 0.6 is 11.6 Å². The number of carboxylic acid groups (broad SMARTS) is 1. The normalized spacial score (nSPS) is 10.5. The molecule has 110 valence electrons. The number of aryl methyl sites for hydroxylation is 1. The maximum atomic E-state index is 13.6. The number of amides is 1. The van der Waals surface area contributed by atoms with Crippen LogP contribution in [0.5, 0.6) is 0 Å². The average molecular weight is 315 g/mol. The Bertz CT molecular complexity index is 743. The minimum atomic E-state index is -1.56. The van der Waals surface area contributed by atoms with Crippen molar-refractivity contribution >= 4 is 29.2 Å². The van der Waals surface area contributed by atoms with Gasteiger partial charge in [0.2, 0.25) is 0 Å². The molecule has 2 N–H and O–H groups in total. The minimum absolute atomic E-state index is 0.139. The third-order valence-electron chi connectivity index (χ3n) is 2.74. The molecule has 0 aliphatic heterocycles. The van der Waals surface area contributed by atoms with Gasteiger partial charge in [-0.1, -0.05) is 11.6 Å². The van der Waals surface area contributed by atoms with Crippen LogP contribution in [0.1, 0.15) is 20.8 Å². The fraction of sp³-hybridized carbons (Fsp3) is 0.0769. The number of hydrogen-bond acceptors (Lipinski definition) is 2. The fourth-order valence-electron chi connectivity index (χ4n) is 1.74. The fourth-order valence-corrected chi connectivity index (χ4v) is 1.99. The van der Waals surface area contributed by atoms with E-state index in [0.717, 1.165) is 6.07 Å². The summed E-state index contributed by atoms with van der Waals surface area (Å²) in [5.41, 5.74) is -1.03. The lowest BCUT2D eigenvalue weighted by Crippen LogP contribution is -2.17. The Morgan fingerprint density at radius 3 is 2.43 bits per heavy atom. The van der Waals surface area contributed by atoms with Crippen LogP contribution in [0, 0.1) is 11.6 Å². The lowest BCUT2D eigenvalue weighted by Gasteiger charge is -2.08. The summed E-state index contributed by atoms with van der Waals surface area (Å²) in [6.07, 6.45) is 1.47. The predicted octanol–water partition coefficient (Wildman–Crippen LogP) is 2.91. The van der Waals surface area contributed by atoms with Crippen molar-refractivity contribution in [3.63, 3.8) is 0 Å². The summed E-state index contributed by atoms with van der Waals surface area (Å²) in [7, 11) is 1.56. The Morgan fingerprint density at radius 2 is 1.90 bits per heavy atom. The highest BCUT2D eigenvalue weighted by Gasteiger charge is 2.18. The molecule has 2 rings (SSSR count). The lowest BCUT2D eigenvalue weighted by molar-refractivity contribution is 0.0691. The number of carboxylic acids is 1. The Kier molecular flexibility index (Phi) is 3.95. The second kappa shape index (κ2) is 5.53. The number of aromatic nitrogens is 1. The lowest BCUT2D eigenvalue weighted by atomic mass is 10.1. The monoisotopic (exact) mass is 314 g/mol. The van der Waals surface area contributed by atoms with E-state index in [1.165, 1.54) is 16.8 Å². The highest BCUT2D eigenvalue weighted by atomic mass is 35.5. The number of nitrogens with one attached hydrogen (secondary N) is 1. The van der Waals surface area contributed by atoms with Gasteiger partial charge in [-0.15, -0.1) is 0 Å². The van der Waals surface area contributed by atoms with Crippen molar-refractivity contribution in [2.45, 2.75) is 0 Å². The van der Waals surface area contributed by atoms with E-state index in [1.807, 2.05) is 0 Å². The standard InChI is InChI=1S/C13H9ClF2N2O3/c1-18-5-6(14)2-11(18)12(19)17-10-3-7(13(20)21)8(15)4-9(10)16/h2-5H,1H3,(H,17,19)(H,20,21).